The van der Waals surface area contributed by atoms with E-state index in [1.54, 1.807) is 7.11 Å². The highest BCUT2D eigenvalue weighted by Crippen LogP contribution is 2.47. The largest absolute Gasteiger partial charge is 0.387 e. The molecule has 0 spiro atoms. The van der Waals surface area contributed by atoms with Gasteiger partial charge in [-0.2, -0.15) is 0 Å². The fraction of sp³-hybridized carbons (Fsp3) is 0.208. The van der Waals surface area contributed by atoms with Gasteiger partial charge in [0.25, 0.3) is 5.91 Å². The van der Waals surface area contributed by atoms with Crippen molar-refractivity contribution in [1.29, 1.82) is 0 Å². The molecule has 6 heteroatoms. The fourth-order valence-corrected chi connectivity index (χ4v) is 5.73. The van der Waals surface area contributed by atoms with Gasteiger partial charge in [0.15, 0.2) is 6.23 Å². The number of aliphatic hydroxyl groups excluding tert-OH is 1. The number of nitrogens with zero attached hydrogens (tertiary/aromatic N) is 2. The molecular formula is C24H19N3O3. The Balaban J connectivity index is 1.90. The molecule has 0 saturated heterocycles. The van der Waals surface area contributed by atoms with Crippen LogP contribution in [0.3, 0.4) is 0 Å². The lowest BCUT2D eigenvalue weighted by atomic mass is 9.97. The van der Waals surface area contributed by atoms with Crippen molar-refractivity contribution >= 4 is 49.5 Å². The van der Waals surface area contributed by atoms with Crippen molar-refractivity contribution < 1.29 is 14.6 Å². The van der Waals surface area contributed by atoms with E-state index in [4.69, 9.17) is 4.74 Å². The highest BCUT2D eigenvalue weighted by molar-refractivity contribution is 6.30. The number of ether oxygens (including phenoxy) is 1. The van der Waals surface area contributed by atoms with Crippen molar-refractivity contribution in [2.75, 3.05) is 7.11 Å². The first-order valence-electron chi connectivity index (χ1n) is 10.2. The maximum absolute atomic E-state index is 13.0. The van der Waals surface area contributed by atoms with Crippen LogP contribution >= 0.6 is 0 Å². The molecule has 4 heterocycles. The number of hydrogen-bond acceptors (Lipinski definition) is 3. The molecule has 6 nitrogen and oxygen atoms in total. The fourth-order valence-electron chi connectivity index (χ4n) is 5.73. The molecule has 2 aliphatic rings. The number of carbonyl (C=O) groups is 1. The number of methoxy groups -OCH3 is 1. The predicted octanol–water partition coefficient (Wildman–Crippen LogP) is 3.67. The Morgan fingerprint density at radius 1 is 1.00 bits per heavy atom. The summed E-state index contributed by atoms with van der Waals surface area (Å²) in [6.07, 6.45) is -1.25. The quantitative estimate of drug-likeness (QED) is 0.454. The predicted molar refractivity (Wildman–Crippen MR) is 116 cm³/mol. The van der Waals surface area contributed by atoms with E-state index in [-0.39, 0.29) is 5.91 Å². The van der Waals surface area contributed by atoms with E-state index in [9.17, 15) is 9.90 Å². The Morgan fingerprint density at radius 3 is 2.47 bits per heavy atom. The third kappa shape index (κ3) is 1.72. The van der Waals surface area contributed by atoms with Gasteiger partial charge < -0.3 is 24.3 Å². The Labute approximate surface area is 171 Å². The summed E-state index contributed by atoms with van der Waals surface area (Å²) in [7, 11) is 1.64. The topological polar surface area (TPSA) is 68.4 Å². The average molecular weight is 397 g/mol. The van der Waals surface area contributed by atoms with Crippen molar-refractivity contribution in [1.82, 2.24) is 14.5 Å². The van der Waals surface area contributed by atoms with Crippen LogP contribution in [0.4, 0.5) is 0 Å². The van der Waals surface area contributed by atoms with Crippen LogP contribution in [0.15, 0.2) is 48.5 Å². The lowest BCUT2D eigenvalue weighted by molar-refractivity contribution is -0.0574. The second-order valence-corrected chi connectivity index (χ2v) is 8.19. The molecule has 0 saturated carbocycles. The minimum atomic E-state index is -0.732. The van der Waals surface area contributed by atoms with Crippen LogP contribution in [-0.2, 0) is 17.8 Å². The molecule has 3 aromatic carbocycles. The monoisotopic (exact) mass is 397 g/mol. The van der Waals surface area contributed by atoms with E-state index < -0.39 is 12.3 Å². The van der Waals surface area contributed by atoms with Crippen molar-refractivity contribution in [3.63, 3.8) is 0 Å². The van der Waals surface area contributed by atoms with Crippen molar-refractivity contribution in [3.05, 3.63) is 59.7 Å². The van der Waals surface area contributed by atoms with E-state index in [0.717, 1.165) is 54.7 Å². The molecule has 0 bridgehead atoms. The molecule has 7 rings (SSSR count). The molecule has 1 unspecified atom stereocenters. The van der Waals surface area contributed by atoms with E-state index in [2.05, 4.69) is 38.7 Å². The Morgan fingerprint density at radius 2 is 1.70 bits per heavy atom. The highest BCUT2D eigenvalue weighted by Gasteiger charge is 2.36. The van der Waals surface area contributed by atoms with Gasteiger partial charge in [0.2, 0.25) is 0 Å². The number of amides is 1. The minimum absolute atomic E-state index is 0.0280. The van der Waals surface area contributed by atoms with Crippen molar-refractivity contribution in [2.24, 2.45) is 0 Å². The van der Waals surface area contributed by atoms with E-state index in [1.807, 2.05) is 24.3 Å². The number of aromatic nitrogens is 2. The van der Waals surface area contributed by atoms with Crippen LogP contribution in [0.5, 0.6) is 0 Å². The molecule has 2 N–H and O–H groups in total. The Kier molecular flexibility index (Phi) is 2.97. The van der Waals surface area contributed by atoms with Gasteiger partial charge in [-0.25, -0.2) is 0 Å². The van der Waals surface area contributed by atoms with Gasteiger partial charge in [-0.15, -0.1) is 0 Å². The second kappa shape index (κ2) is 5.41. The first-order valence-corrected chi connectivity index (χ1v) is 10.2. The summed E-state index contributed by atoms with van der Waals surface area (Å²) in [5.74, 6) is -0.0280. The summed E-state index contributed by atoms with van der Waals surface area (Å²) < 4.78 is 10.1. The zero-order valence-electron chi connectivity index (χ0n) is 16.3. The molecule has 0 radical (unpaired) electrons. The molecule has 2 atom stereocenters. The van der Waals surface area contributed by atoms with Gasteiger partial charge in [-0.1, -0.05) is 36.4 Å². The lowest BCUT2D eigenvalue weighted by Gasteiger charge is -2.23. The minimum Gasteiger partial charge on any atom is -0.387 e. The van der Waals surface area contributed by atoms with Crippen LogP contribution in [0.2, 0.25) is 0 Å². The smallest absolute Gasteiger partial charge is 0.252 e. The van der Waals surface area contributed by atoms with Gasteiger partial charge >= 0.3 is 0 Å². The second-order valence-electron chi connectivity index (χ2n) is 8.19. The zero-order chi connectivity index (χ0) is 20.1. The molecule has 30 heavy (non-hydrogen) atoms. The third-order valence-corrected chi connectivity index (χ3v) is 6.81. The Hall–Kier alpha value is -3.35. The van der Waals surface area contributed by atoms with E-state index >= 15 is 0 Å². The standard InChI is InChI=1S/C24H19N3O3/c1-30-24-17(28)11-26-15-8-4-2-6-12(15)19-20-14(10-25-23(20)29)18-13-7-3-5-9-16(13)27(24)22(18)21(19)26/h2-9,17,24,28H,10-11H2,1H3,(H,25,29)/t17-,24?/m1/s1. The maximum atomic E-state index is 13.0. The number of hydrogen-bond donors (Lipinski definition) is 2. The molecule has 2 aromatic heterocycles. The summed E-state index contributed by atoms with van der Waals surface area (Å²) in [5, 5.41) is 18.4. The van der Waals surface area contributed by atoms with Gasteiger partial charge in [-0.3, -0.25) is 4.79 Å². The van der Waals surface area contributed by atoms with Crippen LogP contribution < -0.4 is 5.32 Å². The number of nitrogens with one attached hydrogen (secondary N) is 1. The van der Waals surface area contributed by atoms with Gasteiger partial charge in [0.05, 0.1) is 28.7 Å². The molecule has 1 amide bonds. The van der Waals surface area contributed by atoms with Gasteiger partial charge in [0, 0.05) is 40.7 Å². The number of carbonyl (C=O) groups excluding carboxylic acids is 1. The van der Waals surface area contributed by atoms with Gasteiger partial charge in [-0.05, 0) is 17.7 Å². The van der Waals surface area contributed by atoms with Crippen LogP contribution in [0, 0.1) is 0 Å². The maximum Gasteiger partial charge on any atom is 0.252 e. The number of para-hydroxylation sites is 2. The Bertz CT molecular complexity index is 1560. The van der Waals surface area contributed by atoms with E-state index in [1.165, 1.54) is 0 Å². The first-order chi connectivity index (χ1) is 14.7. The number of benzene rings is 3. The number of fused-ring (bicyclic) bond motifs is 9. The van der Waals surface area contributed by atoms with Crippen molar-refractivity contribution in [2.45, 2.75) is 25.4 Å². The van der Waals surface area contributed by atoms with Crippen LogP contribution in [-0.4, -0.2) is 33.4 Å². The lowest BCUT2D eigenvalue weighted by Crippen LogP contribution is -2.27. The molecule has 148 valence electrons. The first kappa shape index (κ1) is 16.4. The normalized spacial score (nSPS) is 20.5. The third-order valence-electron chi connectivity index (χ3n) is 6.81. The number of rotatable bonds is 1. The zero-order valence-corrected chi connectivity index (χ0v) is 16.3. The summed E-state index contributed by atoms with van der Waals surface area (Å²) in [4.78, 5) is 13.0. The SMILES string of the molecule is COC1[C@H](O)Cn2c3ccccc3c3c4c(c5c6ccccc6n1c5c32)CNC4=O. The van der Waals surface area contributed by atoms with Crippen LogP contribution in [0.1, 0.15) is 22.1 Å². The summed E-state index contributed by atoms with van der Waals surface area (Å²) >= 11 is 0. The number of aliphatic hydroxyl groups is 1. The molecule has 2 aliphatic heterocycles. The molecule has 0 fully saturated rings. The molecule has 5 aromatic rings. The van der Waals surface area contributed by atoms with E-state index in [0.29, 0.717) is 13.1 Å². The average Bonchev–Trinajstić information content (AvgIpc) is 3.37. The summed E-state index contributed by atoms with van der Waals surface area (Å²) in [6.45, 7) is 0.905. The summed E-state index contributed by atoms with van der Waals surface area (Å²) in [5.41, 5.74) is 5.85. The molecular weight excluding hydrogens is 378 g/mol. The highest BCUT2D eigenvalue weighted by atomic mass is 16.5. The van der Waals surface area contributed by atoms with Gasteiger partial charge in [0.1, 0.15) is 6.10 Å². The van der Waals surface area contributed by atoms with Crippen molar-refractivity contribution in [3.8, 4) is 0 Å². The van der Waals surface area contributed by atoms with Crippen LogP contribution in [0.25, 0.3) is 43.6 Å². The summed E-state index contributed by atoms with van der Waals surface area (Å²) in [6, 6.07) is 16.3. The molecule has 0 aliphatic carbocycles.